The lowest BCUT2D eigenvalue weighted by Crippen LogP contribution is -2.11. The second kappa shape index (κ2) is 3.56. The van der Waals surface area contributed by atoms with Crippen molar-refractivity contribution < 1.29 is 8.42 Å². The Hall–Kier alpha value is -0.410. The first kappa shape index (κ1) is 11.1. The lowest BCUT2D eigenvalue weighted by Gasteiger charge is -2.01. The van der Waals surface area contributed by atoms with E-state index in [1.807, 2.05) is 22.6 Å². The number of rotatable bonds is 1. The molecular formula is C7H5ClIN3O2S. The van der Waals surface area contributed by atoms with Crippen molar-refractivity contribution in [3.8, 4) is 0 Å². The molecule has 0 aromatic carbocycles. The van der Waals surface area contributed by atoms with Crippen molar-refractivity contribution in [2.45, 2.75) is 0 Å². The van der Waals surface area contributed by atoms with Crippen LogP contribution in [0.5, 0.6) is 0 Å². The van der Waals surface area contributed by atoms with Gasteiger partial charge in [-0.25, -0.2) is 22.4 Å². The van der Waals surface area contributed by atoms with Crippen LogP contribution in [-0.4, -0.2) is 28.6 Å². The second-order valence-electron chi connectivity index (χ2n) is 2.90. The molecule has 0 N–H and O–H groups in total. The van der Waals surface area contributed by atoms with E-state index in [-0.39, 0.29) is 0 Å². The highest BCUT2D eigenvalue weighted by Gasteiger charge is 2.17. The van der Waals surface area contributed by atoms with Gasteiger partial charge in [-0.3, -0.25) is 0 Å². The van der Waals surface area contributed by atoms with Crippen LogP contribution in [0.15, 0.2) is 12.3 Å². The summed E-state index contributed by atoms with van der Waals surface area (Å²) in [4.78, 5) is 7.96. The fourth-order valence-corrected chi connectivity index (χ4v) is 3.72. The Morgan fingerprint density at radius 3 is 2.80 bits per heavy atom. The largest absolute Gasteiger partial charge is 0.238 e. The molecule has 80 valence electrons. The molecule has 2 aromatic heterocycles. The number of nitrogens with zero attached hydrogens (tertiary/aromatic N) is 3. The third-order valence-corrected chi connectivity index (χ3v) is 4.02. The highest BCUT2D eigenvalue weighted by atomic mass is 127. The van der Waals surface area contributed by atoms with E-state index in [9.17, 15) is 8.42 Å². The molecule has 0 radical (unpaired) electrons. The summed E-state index contributed by atoms with van der Waals surface area (Å²) in [6.07, 6.45) is 2.54. The van der Waals surface area contributed by atoms with Gasteiger partial charge in [-0.1, -0.05) is 11.6 Å². The maximum atomic E-state index is 11.5. The third-order valence-electron chi connectivity index (χ3n) is 1.73. The number of fused-ring (bicyclic) bond motifs is 1. The Morgan fingerprint density at radius 1 is 1.53 bits per heavy atom. The standard InChI is InChI=1S/C7H5ClIN3O2S/c1-15(13,14)12-5-2-4(8)3-10-6(5)11-7(12)9/h2-3H,1H3. The molecule has 2 aromatic rings. The second-order valence-corrected chi connectivity index (χ2v) is 6.14. The summed E-state index contributed by atoms with van der Waals surface area (Å²) in [5.74, 6) is 0. The molecule has 0 fully saturated rings. The Labute approximate surface area is 105 Å². The summed E-state index contributed by atoms with van der Waals surface area (Å²) in [5.41, 5.74) is 0.767. The number of imidazole rings is 1. The Kier molecular flexibility index (Phi) is 2.63. The Balaban J connectivity index is 2.95. The monoisotopic (exact) mass is 357 g/mol. The molecule has 0 atom stereocenters. The molecule has 0 saturated heterocycles. The topological polar surface area (TPSA) is 64.8 Å². The van der Waals surface area contributed by atoms with E-state index in [0.717, 1.165) is 10.2 Å². The fraction of sp³-hybridized carbons (Fsp3) is 0.143. The SMILES string of the molecule is CS(=O)(=O)n1c(I)nc2ncc(Cl)cc21. The smallest absolute Gasteiger partial charge is 0.234 e. The van der Waals surface area contributed by atoms with Crippen LogP contribution in [0, 0.1) is 3.83 Å². The van der Waals surface area contributed by atoms with E-state index in [0.29, 0.717) is 20.0 Å². The number of halogens is 2. The van der Waals surface area contributed by atoms with Gasteiger partial charge < -0.3 is 0 Å². The summed E-state index contributed by atoms with van der Waals surface area (Å²) < 4.78 is 24.4. The van der Waals surface area contributed by atoms with Gasteiger partial charge in [0.05, 0.1) is 11.3 Å². The summed E-state index contributed by atoms with van der Waals surface area (Å²) in [6, 6.07) is 1.53. The van der Waals surface area contributed by atoms with Crippen LogP contribution in [0.2, 0.25) is 5.02 Å². The summed E-state index contributed by atoms with van der Waals surface area (Å²) in [6.45, 7) is 0. The van der Waals surface area contributed by atoms with Gasteiger partial charge in [0.1, 0.15) is 5.52 Å². The zero-order chi connectivity index (χ0) is 11.2. The minimum absolute atomic E-state index is 0.347. The van der Waals surface area contributed by atoms with E-state index in [1.54, 1.807) is 0 Å². The zero-order valence-corrected chi connectivity index (χ0v) is 11.2. The van der Waals surface area contributed by atoms with Crippen LogP contribution in [0.3, 0.4) is 0 Å². The minimum atomic E-state index is -3.39. The van der Waals surface area contributed by atoms with Gasteiger partial charge >= 0.3 is 0 Å². The van der Waals surface area contributed by atoms with E-state index in [1.165, 1.54) is 12.3 Å². The lowest BCUT2D eigenvalue weighted by atomic mass is 10.4. The molecule has 0 saturated carbocycles. The van der Waals surface area contributed by atoms with E-state index >= 15 is 0 Å². The summed E-state index contributed by atoms with van der Waals surface area (Å²) in [5, 5.41) is 0.378. The van der Waals surface area contributed by atoms with Gasteiger partial charge in [-0.05, 0) is 6.07 Å². The normalized spacial score (nSPS) is 12.2. The van der Waals surface area contributed by atoms with Crippen LogP contribution >= 0.6 is 34.2 Å². The fourth-order valence-electron chi connectivity index (χ4n) is 1.20. The van der Waals surface area contributed by atoms with Gasteiger partial charge in [-0.15, -0.1) is 0 Å². The highest BCUT2D eigenvalue weighted by Crippen LogP contribution is 2.20. The molecule has 0 aliphatic heterocycles. The van der Waals surface area contributed by atoms with Gasteiger partial charge in [0.25, 0.3) is 0 Å². The van der Waals surface area contributed by atoms with Crippen LogP contribution in [0.1, 0.15) is 0 Å². The molecule has 2 heterocycles. The lowest BCUT2D eigenvalue weighted by molar-refractivity contribution is 0.593. The van der Waals surface area contributed by atoms with Crippen molar-refractivity contribution in [2.75, 3.05) is 6.26 Å². The maximum absolute atomic E-state index is 11.5. The molecule has 0 bridgehead atoms. The highest BCUT2D eigenvalue weighted by molar-refractivity contribution is 14.1. The zero-order valence-electron chi connectivity index (χ0n) is 7.48. The number of hydrogen-bond donors (Lipinski definition) is 0. The third kappa shape index (κ3) is 1.95. The van der Waals surface area contributed by atoms with Crippen molar-refractivity contribution >= 4 is 55.4 Å². The summed E-state index contributed by atoms with van der Waals surface area (Å²) >= 11 is 7.59. The molecule has 0 amide bonds. The first-order chi connectivity index (χ1) is 6.89. The maximum Gasteiger partial charge on any atom is 0.238 e. The van der Waals surface area contributed by atoms with Crippen molar-refractivity contribution in [1.29, 1.82) is 0 Å². The first-order valence-electron chi connectivity index (χ1n) is 3.79. The van der Waals surface area contributed by atoms with E-state index in [4.69, 9.17) is 11.6 Å². The summed E-state index contributed by atoms with van der Waals surface area (Å²) in [7, 11) is -3.39. The molecule has 0 unspecified atom stereocenters. The van der Waals surface area contributed by atoms with Crippen molar-refractivity contribution in [3.63, 3.8) is 0 Å². The average Bonchev–Trinajstić information content (AvgIpc) is 2.38. The molecule has 0 aliphatic rings. The van der Waals surface area contributed by atoms with E-state index in [2.05, 4.69) is 9.97 Å². The number of pyridine rings is 1. The number of aromatic nitrogens is 3. The Morgan fingerprint density at radius 2 is 2.20 bits per heavy atom. The molecule has 2 rings (SSSR count). The van der Waals surface area contributed by atoms with Crippen LogP contribution in [0.25, 0.3) is 11.2 Å². The van der Waals surface area contributed by atoms with Crippen LogP contribution in [-0.2, 0) is 10.0 Å². The predicted octanol–water partition coefficient (Wildman–Crippen LogP) is 1.50. The quantitative estimate of drug-likeness (QED) is 0.726. The average molecular weight is 358 g/mol. The number of hydrogen-bond acceptors (Lipinski definition) is 4. The van der Waals surface area contributed by atoms with E-state index < -0.39 is 10.0 Å². The van der Waals surface area contributed by atoms with Crippen molar-refractivity contribution in [2.24, 2.45) is 0 Å². The predicted molar refractivity (Wildman–Crippen MR) is 65.5 cm³/mol. The molecule has 15 heavy (non-hydrogen) atoms. The molecule has 8 heteroatoms. The van der Waals surface area contributed by atoms with Crippen LogP contribution < -0.4 is 0 Å². The van der Waals surface area contributed by atoms with Crippen LogP contribution in [0.4, 0.5) is 0 Å². The Bertz CT molecular complexity index is 637. The van der Waals surface area contributed by atoms with Gasteiger partial charge in [0, 0.05) is 28.8 Å². The molecule has 0 spiro atoms. The minimum Gasteiger partial charge on any atom is -0.234 e. The van der Waals surface area contributed by atoms with Gasteiger partial charge in [0.2, 0.25) is 10.0 Å². The molecular weight excluding hydrogens is 353 g/mol. The van der Waals surface area contributed by atoms with Crippen molar-refractivity contribution in [3.05, 3.63) is 21.1 Å². The van der Waals surface area contributed by atoms with Gasteiger partial charge in [-0.2, -0.15) is 0 Å². The first-order valence-corrected chi connectivity index (χ1v) is 7.10. The van der Waals surface area contributed by atoms with Crippen molar-refractivity contribution in [1.82, 2.24) is 13.9 Å². The molecule has 0 aliphatic carbocycles. The van der Waals surface area contributed by atoms with Gasteiger partial charge in [0.15, 0.2) is 9.48 Å². The molecule has 5 nitrogen and oxygen atoms in total.